The van der Waals surface area contributed by atoms with Crippen LogP contribution in [-0.2, 0) is 0 Å². The Hall–Kier alpha value is -2.43. The molecule has 0 fully saturated rings. The van der Waals surface area contributed by atoms with E-state index in [1.807, 2.05) is 0 Å². The maximum Gasteiger partial charge on any atom is 0.338 e. The Kier molecular flexibility index (Phi) is 2.51. The number of phenols is 1. The van der Waals surface area contributed by atoms with Crippen LogP contribution in [0.2, 0.25) is 0 Å². The Bertz CT molecular complexity index is 523. The summed E-state index contributed by atoms with van der Waals surface area (Å²) in [5.74, 6) is -0.577. The average molecular weight is 216 g/mol. The van der Waals surface area contributed by atoms with Crippen molar-refractivity contribution in [3.8, 4) is 17.1 Å². The number of carbonyl (C=O) groups is 1. The molecule has 1 aromatic heterocycles. The normalized spacial score (nSPS) is 10.0. The quantitative estimate of drug-likeness (QED) is 0.795. The van der Waals surface area contributed by atoms with E-state index in [-0.39, 0.29) is 11.3 Å². The van der Waals surface area contributed by atoms with Crippen molar-refractivity contribution in [2.24, 2.45) is 0 Å². The summed E-state index contributed by atoms with van der Waals surface area (Å²) in [6, 6.07) is 6.44. The first-order chi connectivity index (χ1) is 7.66. The Morgan fingerprint density at radius 3 is 2.44 bits per heavy atom. The summed E-state index contributed by atoms with van der Waals surface area (Å²) in [6.45, 7) is 0. The Morgan fingerprint density at radius 2 is 1.88 bits per heavy atom. The van der Waals surface area contributed by atoms with Crippen molar-refractivity contribution in [3.63, 3.8) is 0 Å². The molecule has 16 heavy (non-hydrogen) atoms. The molecule has 0 atom stereocenters. The van der Waals surface area contributed by atoms with E-state index in [1.165, 1.54) is 24.5 Å². The van der Waals surface area contributed by atoms with Gasteiger partial charge in [0.15, 0.2) is 5.82 Å². The summed E-state index contributed by atoms with van der Waals surface area (Å²) < 4.78 is 0. The highest BCUT2D eigenvalue weighted by atomic mass is 16.4. The van der Waals surface area contributed by atoms with E-state index < -0.39 is 5.97 Å². The van der Waals surface area contributed by atoms with Crippen molar-refractivity contribution < 1.29 is 15.0 Å². The van der Waals surface area contributed by atoms with Crippen molar-refractivity contribution in [3.05, 3.63) is 42.2 Å². The third kappa shape index (κ3) is 1.98. The molecule has 0 radical (unpaired) electrons. The van der Waals surface area contributed by atoms with Crippen LogP contribution < -0.4 is 0 Å². The van der Waals surface area contributed by atoms with Crippen LogP contribution in [0.3, 0.4) is 0 Å². The molecular weight excluding hydrogens is 208 g/mol. The minimum Gasteiger partial charge on any atom is -0.508 e. The monoisotopic (exact) mass is 216 g/mol. The van der Waals surface area contributed by atoms with Crippen LogP contribution in [0.5, 0.6) is 5.75 Å². The van der Waals surface area contributed by atoms with E-state index >= 15 is 0 Å². The number of rotatable bonds is 2. The molecule has 5 nitrogen and oxygen atoms in total. The first kappa shape index (κ1) is 10.1. The third-order valence-electron chi connectivity index (χ3n) is 2.00. The Balaban J connectivity index is 2.38. The first-order valence-electron chi connectivity index (χ1n) is 4.51. The molecule has 5 heteroatoms. The fourth-order valence-corrected chi connectivity index (χ4v) is 1.23. The van der Waals surface area contributed by atoms with Crippen LogP contribution in [0.4, 0.5) is 0 Å². The maximum atomic E-state index is 10.6. The molecule has 2 N–H and O–H groups in total. The number of aromatic carboxylic acids is 1. The maximum absolute atomic E-state index is 10.6. The topological polar surface area (TPSA) is 83.3 Å². The molecule has 1 aromatic carbocycles. The van der Waals surface area contributed by atoms with E-state index in [9.17, 15) is 9.90 Å². The van der Waals surface area contributed by atoms with Crippen LogP contribution in [0.15, 0.2) is 36.7 Å². The zero-order valence-electron chi connectivity index (χ0n) is 8.16. The number of aromatic hydroxyl groups is 1. The molecule has 1 heterocycles. The van der Waals surface area contributed by atoms with Gasteiger partial charge in [-0.05, 0) is 12.1 Å². The van der Waals surface area contributed by atoms with Gasteiger partial charge in [0.1, 0.15) is 5.75 Å². The lowest BCUT2D eigenvalue weighted by Crippen LogP contribution is -1.99. The van der Waals surface area contributed by atoms with Gasteiger partial charge in [0, 0.05) is 18.0 Å². The Labute approximate surface area is 91.0 Å². The van der Waals surface area contributed by atoms with Gasteiger partial charge in [-0.1, -0.05) is 12.1 Å². The Morgan fingerprint density at radius 1 is 1.19 bits per heavy atom. The zero-order valence-corrected chi connectivity index (χ0v) is 8.16. The molecule has 0 aliphatic rings. The van der Waals surface area contributed by atoms with Gasteiger partial charge in [-0.3, -0.25) is 0 Å². The highest BCUT2D eigenvalue weighted by molar-refractivity contribution is 5.86. The minimum absolute atomic E-state index is 0.0314. The lowest BCUT2D eigenvalue weighted by molar-refractivity contribution is 0.0696. The van der Waals surface area contributed by atoms with Gasteiger partial charge in [0.2, 0.25) is 0 Å². The number of nitrogens with zero attached hydrogens (tertiary/aromatic N) is 2. The van der Waals surface area contributed by atoms with E-state index in [0.717, 1.165) is 0 Å². The number of hydrogen-bond acceptors (Lipinski definition) is 4. The molecule has 2 rings (SSSR count). The second-order valence-electron chi connectivity index (χ2n) is 3.15. The summed E-state index contributed by atoms with van der Waals surface area (Å²) in [6.07, 6.45) is 2.46. The predicted molar refractivity (Wildman–Crippen MR) is 56.1 cm³/mol. The third-order valence-corrected chi connectivity index (χ3v) is 2.00. The van der Waals surface area contributed by atoms with E-state index in [2.05, 4.69) is 9.97 Å². The van der Waals surface area contributed by atoms with Crippen LogP contribution in [0.25, 0.3) is 11.4 Å². The molecule has 0 aliphatic carbocycles. The first-order valence-corrected chi connectivity index (χ1v) is 4.51. The highest BCUT2D eigenvalue weighted by Crippen LogP contribution is 2.19. The lowest BCUT2D eigenvalue weighted by Gasteiger charge is -2.00. The molecular formula is C11H8N2O3. The lowest BCUT2D eigenvalue weighted by atomic mass is 10.2. The molecule has 2 aromatic rings. The fourth-order valence-electron chi connectivity index (χ4n) is 1.23. The van der Waals surface area contributed by atoms with Gasteiger partial charge in [0.25, 0.3) is 0 Å². The number of aromatic nitrogens is 2. The van der Waals surface area contributed by atoms with Crippen LogP contribution in [-0.4, -0.2) is 26.2 Å². The highest BCUT2D eigenvalue weighted by Gasteiger charge is 2.06. The molecule has 0 aliphatic heterocycles. The number of hydrogen-bond donors (Lipinski definition) is 2. The van der Waals surface area contributed by atoms with Crippen molar-refractivity contribution in [2.45, 2.75) is 0 Å². The van der Waals surface area contributed by atoms with Crippen molar-refractivity contribution in [2.75, 3.05) is 0 Å². The molecule has 0 unspecified atom stereocenters. The second kappa shape index (κ2) is 3.98. The van der Waals surface area contributed by atoms with E-state index in [1.54, 1.807) is 12.1 Å². The van der Waals surface area contributed by atoms with Gasteiger partial charge >= 0.3 is 5.97 Å². The van der Waals surface area contributed by atoms with Crippen molar-refractivity contribution >= 4 is 5.97 Å². The SMILES string of the molecule is O=C(O)c1cnc(-c2cccc(O)c2)nc1. The van der Waals surface area contributed by atoms with Crippen molar-refractivity contribution in [1.82, 2.24) is 9.97 Å². The van der Waals surface area contributed by atoms with Gasteiger partial charge in [-0.25, -0.2) is 14.8 Å². The van der Waals surface area contributed by atoms with E-state index in [0.29, 0.717) is 11.4 Å². The number of carboxylic acids is 1. The van der Waals surface area contributed by atoms with Gasteiger partial charge in [-0.15, -0.1) is 0 Å². The zero-order chi connectivity index (χ0) is 11.5. The largest absolute Gasteiger partial charge is 0.508 e. The molecule has 0 amide bonds. The second-order valence-corrected chi connectivity index (χ2v) is 3.15. The molecule has 0 spiro atoms. The molecule has 0 bridgehead atoms. The molecule has 0 saturated heterocycles. The summed E-state index contributed by atoms with van der Waals surface area (Å²) in [7, 11) is 0. The molecule has 80 valence electrons. The minimum atomic E-state index is -1.07. The van der Waals surface area contributed by atoms with Gasteiger partial charge in [0.05, 0.1) is 5.56 Å². The molecule has 0 saturated carbocycles. The summed E-state index contributed by atoms with van der Waals surface area (Å²) in [4.78, 5) is 18.4. The average Bonchev–Trinajstić information content (AvgIpc) is 2.29. The predicted octanol–water partition coefficient (Wildman–Crippen LogP) is 1.55. The number of carboxylic acid groups (broad SMARTS) is 1. The fraction of sp³-hybridized carbons (Fsp3) is 0. The smallest absolute Gasteiger partial charge is 0.338 e. The number of benzene rings is 1. The number of phenolic OH excluding ortho intramolecular Hbond substituents is 1. The van der Waals surface area contributed by atoms with Crippen LogP contribution in [0, 0.1) is 0 Å². The van der Waals surface area contributed by atoms with Gasteiger partial charge < -0.3 is 10.2 Å². The van der Waals surface area contributed by atoms with Crippen LogP contribution >= 0.6 is 0 Å². The standard InChI is InChI=1S/C11H8N2O3/c14-9-3-1-2-7(4-9)10-12-5-8(6-13-10)11(15)16/h1-6,14H,(H,15,16). The van der Waals surface area contributed by atoms with Gasteiger partial charge in [-0.2, -0.15) is 0 Å². The summed E-state index contributed by atoms with van der Waals surface area (Å²) in [5, 5.41) is 17.9. The summed E-state index contributed by atoms with van der Waals surface area (Å²) in [5.41, 5.74) is 0.667. The van der Waals surface area contributed by atoms with E-state index in [4.69, 9.17) is 5.11 Å². The van der Waals surface area contributed by atoms with Crippen LogP contribution in [0.1, 0.15) is 10.4 Å². The van der Waals surface area contributed by atoms with Crippen molar-refractivity contribution in [1.29, 1.82) is 0 Å². The summed E-state index contributed by atoms with van der Waals surface area (Å²) >= 11 is 0.